The third-order valence-corrected chi connectivity index (χ3v) is 7.77. The van der Waals surface area contributed by atoms with E-state index in [0.717, 1.165) is 17.7 Å². The summed E-state index contributed by atoms with van der Waals surface area (Å²) >= 11 is 1.35. The van der Waals surface area contributed by atoms with Crippen LogP contribution in [0.5, 0.6) is 0 Å². The standard InChI is InChI=1S/C29H41N3O3S/c1-3-4-5-6-7-8-9-10-11-12-13-14-16-23(27(34)22-18-19-25(33)32(2)21-22)28-26(31-29(30)36-28)24-17-15-20-35-24/h15,17-21,23H,3-14,16H2,1-2H3,(H2,30,31). The first-order valence-electron chi connectivity index (χ1n) is 13.5. The average Bonchev–Trinajstić information content (AvgIpc) is 3.53. The van der Waals surface area contributed by atoms with Crippen LogP contribution in [0.25, 0.3) is 11.5 Å². The SMILES string of the molecule is CCCCCCCCCCCCCCC(C(=O)c1ccc(=O)n(C)c1)c1sc(N)nc1-c1ccco1. The van der Waals surface area contributed by atoms with Crippen LogP contribution in [0.1, 0.15) is 112 Å². The summed E-state index contributed by atoms with van der Waals surface area (Å²) in [6, 6.07) is 6.72. The van der Waals surface area contributed by atoms with Gasteiger partial charge in [-0.15, -0.1) is 11.3 Å². The molecule has 0 saturated carbocycles. The van der Waals surface area contributed by atoms with Gasteiger partial charge in [-0.3, -0.25) is 9.59 Å². The summed E-state index contributed by atoms with van der Waals surface area (Å²) in [5, 5.41) is 0.421. The Labute approximate surface area is 218 Å². The molecular weight excluding hydrogens is 470 g/mol. The van der Waals surface area contributed by atoms with Gasteiger partial charge in [0.05, 0.1) is 12.2 Å². The van der Waals surface area contributed by atoms with Crippen LogP contribution in [-0.4, -0.2) is 15.3 Å². The average molecular weight is 512 g/mol. The van der Waals surface area contributed by atoms with E-state index >= 15 is 0 Å². The number of aryl methyl sites for hydroxylation is 1. The van der Waals surface area contributed by atoms with Crippen LogP contribution < -0.4 is 11.3 Å². The Balaban J connectivity index is 1.59. The summed E-state index contributed by atoms with van der Waals surface area (Å²) in [6.07, 6.45) is 19.2. The van der Waals surface area contributed by atoms with E-state index in [9.17, 15) is 9.59 Å². The highest BCUT2D eigenvalue weighted by Gasteiger charge is 2.29. The highest BCUT2D eigenvalue weighted by molar-refractivity contribution is 7.16. The fraction of sp³-hybridized carbons (Fsp3) is 0.552. The zero-order chi connectivity index (χ0) is 25.8. The number of pyridine rings is 1. The molecular formula is C29H41N3O3S. The maximum Gasteiger partial charge on any atom is 0.250 e. The number of nitrogens with two attached hydrogens (primary N) is 1. The number of Topliss-reactive ketones (excluding diaryl/α,β-unsaturated/α-hetero) is 1. The number of hydrogen-bond donors (Lipinski definition) is 1. The lowest BCUT2D eigenvalue weighted by atomic mass is 9.90. The molecule has 196 valence electrons. The molecule has 0 aromatic carbocycles. The van der Waals surface area contributed by atoms with Crippen molar-refractivity contribution >= 4 is 22.3 Å². The Morgan fingerprint density at radius 1 is 1.00 bits per heavy atom. The van der Waals surface area contributed by atoms with Gasteiger partial charge in [-0.1, -0.05) is 84.0 Å². The maximum atomic E-state index is 13.7. The number of hydrogen-bond acceptors (Lipinski definition) is 6. The monoisotopic (exact) mass is 511 g/mol. The van der Waals surface area contributed by atoms with Gasteiger partial charge in [-0.05, 0) is 24.6 Å². The van der Waals surface area contributed by atoms with Crippen molar-refractivity contribution in [1.82, 2.24) is 9.55 Å². The van der Waals surface area contributed by atoms with Gasteiger partial charge in [0.1, 0.15) is 5.69 Å². The van der Waals surface area contributed by atoms with Gasteiger partial charge in [0, 0.05) is 29.8 Å². The molecule has 0 amide bonds. The van der Waals surface area contributed by atoms with E-state index < -0.39 is 0 Å². The molecule has 36 heavy (non-hydrogen) atoms. The van der Waals surface area contributed by atoms with Crippen LogP contribution in [0.15, 0.2) is 45.9 Å². The van der Waals surface area contributed by atoms with Gasteiger partial charge in [-0.2, -0.15) is 0 Å². The number of nitrogens with zero attached hydrogens (tertiary/aromatic N) is 2. The third-order valence-electron chi connectivity index (χ3n) is 6.77. The minimum Gasteiger partial charge on any atom is -0.463 e. The van der Waals surface area contributed by atoms with E-state index in [1.54, 1.807) is 25.6 Å². The Kier molecular flexibility index (Phi) is 11.5. The number of thiazole rings is 1. The molecule has 1 atom stereocenters. The Hall–Kier alpha value is -2.67. The lowest BCUT2D eigenvalue weighted by Crippen LogP contribution is -2.19. The quantitative estimate of drug-likeness (QED) is 0.148. The molecule has 0 radical (unpaired) electrons. The fourth-order valence-electron chi connectivity index (χ4n) is 4.69. The summed E-state index contributed by atoms with van der Waals surface area (Å²) in [7, 11) is 1.66. The van der Waals surface area contributed by atoms with Crippen molar-refractivity contribution < 1.29 is 9.21 Å². The molecule has 7 heteroatoms. The number of furan rings is 1. The molecule has 0 aliphatic carbocycles. The number of anilines is 1. The molecule has 3 aromatic heterocycles. The normalized spacial score (nSPS) is 12.2. The van der Waals surface area contributed by atoms with E-state index in [-0.39, 0.29) is 17.3 Å². The zero-order valence-corrected chi connectivity index (χ0v) is 22.7. The minimum atomic E-state index is -0.375. The van der Waals surface area contributed by atoms with Gasteiger partial charge < -0.3 is 14.7 Å². The minimum absolute atomic E-state index is 0.00914. The lowest BCUT2D eigenvalue weighted by Gasteiger charge is -2.16. The van der Waals surface area contributed by atoms with E-state index in [1.807, 2.05) is 12.1 Å². The topological polar surface area (TPSA) is 91.1 Å². The number of carbonyl (C=O) groups is 1. The van der Waals surface area contributed by atoms with Crippen LogP contribution in [0, 0.1) is 0 Å². The van der Waals surface area contributed by atoms with E-state index in [0.29, 0.717) is 28.6 Å². The smallest absolute Gasteiger partial charge is 0.250 e. The molecule has 3 heterocycles. The van der Waals surface area contributed by atoms with Crippen molar-refractivity contribution in [3.63, 3.8) is 0 Å². The van der Waals surface area contributed by atoms with Gasteiger partial charge >= 0.3 is 0 Å². The predicted molar refractivity (Wildman–Crippen MR) is 149 cm³/mol. The van der Waals surface area contributed by atoms with Gasteiger partial charge in [0.2, 0.25) is 5.56 Å². The molecule has 3 aromatic rings. The Morgan fingerprint density at radius 3 is 2.22 bits per heavy atom. The van der Waals surface area contributed by atoms with Crippen molar-refractivity contribution in [3.8, 4) is 11.5 Å². The second-order valence-corrected chi connectivity index (χ2v) is 10.8. The summed E-state index contributed by atoms with van der Waals surface area (Å²) in [5.74, 6) is 0.233. The van der Waals surface area contributed by atoms with Crippen molar-refractivity contribution in [2.24, 2.45) is 7.05 Å². The van der Waals surface area contributed by atoms with Crippen LogP contribution in [0.4, 0.5) is 5.13 Å². The molecule has 0 saturated heterocycles. The summed E-state index contributed by atoms with van der Waals surface area (Å²) in [5.41, 5.74) is 7.12. The Bertz CT molecular complexity index is 1120. The van der Waals surface area contributed by atoms with Crippen molar-refractivity contribution in [2.45, 2.75) is 96.3 Å². The van der Waals surface area contributed by atoms with Crippen molar-refractivity contribution in [2.75, 3.05) is 5.73 Å². The molecule has 0 aliphatic heterocycles. The summed E-state index contributed by atoms with van der Waals surface area (Å²) < 4.78 is 7.04. The zero-order valence-electron chi connectivity index (χ0n) is 21.8. The van der Waals surface area contributed by atoms with E-state index in [2.05, 4.69) is 11.9 Å². The van der Waals surface area contributed by atoms with Crippen LogP contribution in [-0.2, 0) is 7.05 Å². The highest BCUT2D eigenvalue weighted by atomic mass is 32.1. The van der Waals surface area contributed by atoms with Crippen LogP contribution in [0.2, 0.25) is 0 Å². The molecule has 2 N–H and O–H groups in total. The number of ketones is 1. The van der Waals surface area contributed by atoms with Gasteiger partial charge in [0.15, 0.2) is 16.7 Å². The molecule has 0 fully saturated rings. The first-order chi connectivity index (χ1) is 17.5. The van der Waals surface area contributed by atoms with E-state index in [1.165, 1.54) is 86.2 Å². The fourth-order valence-corrected chi connectivity index (χ4v) is 5.66. The van der Waals surface area contributed by atoms with Gasteiger partial charge in [-0.25, -0.2) is 4.98 Å². The summed E-state index contributed by atoms with van der Waals surface area (Å²) in [6.45, 7) is 2.26. The number of carbonyl (C=O) groups excluding carboxylic acids is 1. The predicted octanol–water partition coefficient (Wildman–Crippen LogP) is 7.74. The number of aromatic nitrogens is 2. The van der Waals surface area contributed by atoms with Gasteiger partial charge in [0.25, 0.3) is 0 Å². The van der Waals surface area contributed by atoms with Crippen molar-refractivity contribution in [3.05, 3.63) is 57.5 Å². The molecule has 0 aliphatic rings. The Morgan fingerprint density at radius 2 is 1.64 bits per heavy atom. The number of unbranched alkanes of at least 4 members (excludes halogenated alkanes) is 11. The third kappa shape index (κ3) is 8.19. The largest absolute Gasteiger partial charge is 0.463 e. The van der Waals surface area contributed by atoms with Crippen LogP contribution in [0.3, 0.4) is 0 Å². The molecule has 1 unspecified atom stereocenters. The highest BCUT2D eigenvalue weighted by Crippen LogP contribution is 2.39. The maximum absolute atomic E-state index is 13.7. The van der Waals surface area contributed by atoms with Crippen LogP contribution >= 0.6 is 11.3 Å². The van der Waals surface area contributed by atoms with E-state index in [4.69, 9.17) is 10.2 Å². The molecule has 6 nitrogen and oxygen atoms in total. The molecule has 3 rings (SSSR count). The second kappa shape index (κ2) is 14.8. The first kappa shape index (κ1) is 27.9. The molecule has 0 spiro atoms. The second-order valence-electron chi connectivity index (χ2n) is 9.70. The number of nitrogen functional groups attached to an aromatic ring is 1. The summed E-state index contributed by atoms with van der Waals surface area (Å²) in [4.78, 5) is 30.8. The lowest BCUT2D eigenvalue weighted by molar-refractivity contribution is 0.0954. The number of rotatable bonds is 17. The molecule has 0 bridgehead atoms. The first-order valence-corrected chi connectivity index (χ1v) is 14.3. The van der Waals surface area contributed by atoms with Crippen molar-refractivity contribution in [1.29, 1.82) is 0 Å².